The van der Waals surface area contributed by atoms with Gasteiger partial charge in [0.15, 0.2) is 6.29 Å². The third-order valence-corrected chi connectivity index (χ3v) is 6.49. The first-order chi connectivity index (χ1) is 19.8. The Kier molecular flexibility index (Phi) is 12.1. The molecule has 0 radical (unpaired) electrons. The maximum Gasteiger partial charge on any atom is 0.151 e. The van der Waals surface area contributed by atoms with Gasteiger partial charge in [-0.3, -0.25) is 0 Å². The second kappa shape index (κ2) is 16.5. The van der Waals surface area contributed by atoms with Crippen LogP contribution in [0.1, 0.15) is 22.3 Å². The molecule has 0 saturated carbocycles. The minimum Gasteiger partial charge on any atom is -0.394 e. The Bertz CT molecular complexity index is 1220. The Morgan fingerprint density at radius 3 is 1.23 bits per heavy atom. The van der Waals surface area contributed by atoms with Crippen LogP contribution < -0.4 is 0 Å². The Morgan fingerprint density at radius 1 is 0.500 bits per heavy atom. The van der Waals surface area contributed by atoms with Gasteiger partial charge in [0.25, 0.3) is 0 Å². The molecule has 6 nitrogen and oxygen atoms in total. The molecule has 6 heteroatoms. The largest absolute Gasteiger partial charge is 0.394 e. The summed E-state index contributed by atoms with van der Waals surface area (Å²) >= 11 is 0. The van der Waals surface area contributed by atoms with E-state index < -0.39 is 24.4 Å². The molecule has 0 spiro atoms. The topological polar surface area (TPSA) is 74.2 Å². The Hall–Kier alpha value is -3.65. The highest BCUT2D eigenvalue weighted by Gasteiger charge is 2.38. The van der Waals surface area contributed by atoms with Gasteiger partial charge in [0, 0.05) is 0 Å². The first-order valence-corrected chi connectivity index (χ1v) is 13.4. The first-order valence-electron chi connectivity index (χ1n) is 13.4. The number of hydrogen-bond acceptors (Lipinski definition) is 6. The first kappa shape index (κ1) is 29.3. The molecule has 0 aromatic heterocycles. The van der Waals surface area contributed by atoms with Crippen LogP contribution in [0.4, 0.5) is 0 Å². The van der Waals surface area contributed by atoms with E-state index in [0.29, 0.717) is 0 Å². The number of carbonyl (C=O) groups excluding carboxylic acids is 1. The van der Waals surface area contributed by atoms with Gasteiger partial charge in [-0.1, -0.05) is 121 Å². The van der Waals surface area contributed by atoms with Gasteiger partial charge in [-0.15, -0.1) is 0 Å². The number of benzene rings is 4. The van der Waals surface area contributed by atoms with E-state index in [0.717, 1.165) is 28.5 Å². The molecule has 0 unspecified atom stereocenters. The fraction of sp³-hybridized carbons (Fsp3) is 0.265. The van der Waals surface area contributed by atoms with Crippen molar-refractivity contribution in [2.75, 3.05) is 6.61 Å². The third kappa shape index (κ3) is 9.23. The summed E-state index contributed by atoms with van der Waals surface area (Å²) in [6, 6.07) is 38.8. The van der Waals surface area contributed by atoms with E-state index in [9.17, 15) is 9.90 Å². The van der Waals surface area contributed by atoms with Crippen LogP contribution in [0, 0.1) is 0 Å². The van der Waals surface area contributed by atoms with Crippen molar-refractivity contribution in [1.82, 2.24) is 0 Å². The minimum atomic E-state index is -0.973. The van der Waals surface area contributed by atoms with Crippen molar-refractivity contribution in [3.8, 4) is 0 Å². The molecule has 0 aliphatic rings. The Morgan fingerprint density at radius 2 is 0.850 bits per heavy atom. The molecule has 0 bridgehead atoms. The molecule has 208 valence electrons. The predicted molar refractivity (Wildman–Crippen MR) is 153 cm³/mol. The maximum absolute atomic E-state index is 12.5. The number of rotatable bonds is 17. The van der Waals surface area contributed by atoms with Gasteiger partial charge in [0.1, 0.15) is 24.4 Å². The average molecular weight is 541 g/mol. The number of aliphatic hydroxyl groups excluding tert-OH is 1. The Balaban J connectivity index is 1.60. The summed E-state index contributed by atoms with van der Waals surface area (Å²) in [5.41, 5.74) is 3.77. The summed E-state index contributed by atoms with van der Waals surface area (Å²) in [6.45, 7) is 0.620. The number of hydrogen-bond donors (Lipinski definition) is 1. The zero-order valence-electron chi connectivity index (χ0n) is 22.5. The number of aliphatic hydroxyl groups is 1. The summed E-state index contributed by atoms with van der Waals surface area (Å²) in [5.74, 6) is 0. The van der Waals surface area contributed by atoms with Crippen molar-refractivity contribution in [3.63, 3.8) is 0 Å². The highest BCUT2D eigenvalue weighted by atomic mass is 16.6. The second-order valence-electron chi connectivity index (χ2n) is 9.44. The minimum absolute atomic E-state index is 0.218. The highest BCUT2D eigenvalue weighted by molar-refractivity contribution is 5.57. The maximum atomic E-state index is 12.5. The van der Waals surface area contributed by atoms with Crippen LogP contribution in [-0.4, -0.2) is 42.4 Å². The molecule has 1 N–H and O–H groups in total. The number of ether oxygens (including phenoxy) is 4. The van der Waals surface area contributed by atoms with Crippen LogP contribution in [0.3, 0.4) is 0 Å². The van der Waals surface area contributed by atoms with Crippen LogP contribution in [0.5, 0.6) is 0 Å². The van der Waals surface area contributed by atoms with E-state index in [4.69, 9.17) is 18.9 Å². The summed E-state index contributed by atoms with van der Waals surface area (Å²) in [6.07, 6.45) is -2.70. The van der Waals surface area contributed by atoms with Crippen molar-refractivity contribution in [1.29, 1.82) is 0 Å². The lowest BCUT2D eigenvalue weighted by Gasteiger charge is -2.35. The smallest absolute Gasteiger partial charge is 0.151 e. The van der Waals surface area contributed by atoms with E-state index in [1.807, 2.05) is 121 Å². The number of aldehydes is 1. The van der Waals surface area contributed by atoms with E-state index in [-0.39, 0.29) is 33.0 Å². The molecule has 0 amide bonds. The van der Waals surface area contributed by atoms with Crippen molar-refractivity contribution in [2.45, 2.75) is 50.8 Å². The highest BCUT2D eigenvalue weighted by Crippen LogP contribution is 2.22. The van der Waals surface area contributed by atoms with E-state index in [1.54, 1.807) is 0 Å². The molecule has 0 heterocycles. The van der Waals surface area contributed by atoms with Crippen molar-refractivity contribution >= 4 is 6.29 Å². The fourth-order valence-electron chi connectivity index (χ4n) is 4.33. The molecule has 4 aromatic rings. The van der Waals surface area contributed by atoms with Crippen LogP contribution in [0.2, 0.25) is 0 Å². The SMILES string of the molecule is O=C[C@H](OCc1ccccc1)[C@@H](OCc1ccccc1)[C@H](OCc1ccccc1)[C@@H](CO)OCc1ccccc1. The van der Waals surface area contributed by atoms with Crippen LogP contribution in [0.25, 0.3) is 0 Å². The van der Waals surface area contributed by atoms with Gasteiger partial charge in [-0.25, -0.2) is 0 Å². The van der Waals surface area contributed by atoms with E-state index >= 15 is 0 Å². The van der Waals surface area contributed by atoms with Gasteiger partial charge in [0.2, 0.25) is 0 Å². The molecule has 4 aromatic carbocycles. The van der Waals surface area contributed by atoms with E-state index in [2.05, 4.69) is 0 Å². The molecule has 0 aliphatic carbocycles. The summed E-state index contributed by atoms with van der Waals surface area (Å²) < 4.78 is 25.1. The summed E-state index contributed by atoms with van der Waals surface area (Å²) in [4.78, 5) is 12.5. The monoisotopic (exact) mass is 540 g/mol. The van der Waals surface area contributed by atoms with Gasteiger partial charge in [-0.2, -0.15) is 0 Å². The van der Waals surface area contributed by atoms with Crippen LogP contribution in [-0.2, 0) is 50.2 Å². The van der Waals surface area contributed by atoms with Gasteiger partial charge >= 0.3 is 0 Å². The molecule has 40 heavy (non-hydrogen) atoms. The average Bonchev–Trinajstić information content (AvgIpc) is 3.02. The standard InChI is InChI=1S/C34H36O6/c35-21-31(37-23-27-13-5-1-6-14-27)33(39-25-29-17-9-3-10-18-29)34(40-26-30-19-11-4-12-20-30)32(22-36)38-24-28-15-7-2-8-16-28/h1-21,31-34,36H,22-26H2/t31-,32+,33+,34+/m0/s1. The zero-order chi connectivity index (χ0) is 27.8. The molecule has 0 fully saturated rings. The van der Waals surface area contributed by atoms with Gasteiger partial charge < -0.3 is 28.8 Å². The van der Waals surface area contributed by atoms with Crippen molar-refractivity contribution in [3.05, 3.63) is 144 Å². The molecular weight excluding hydrogens is 504 g/mol. The lowest BCUT2D eigenvalue weighted by Crippen LogP contribution is -2.51. The molecule has 4 atom stereocenters. The summed E-state index contributed by atoms with van der Waals surface area (Å²) in [7, 11) is 0. The van der Waals surface area contributed by atoms with Crippen molar-refractivity contribution in [2.24, 2.45) is 0 Å². The number of carbonyl (C=O) groups is 1. The lowest BCUT2D eigenvalue weighted by molar-refractivity contribution is -0.194. The third-order valence-electron chi connectivity index (χ3n) is 6.49. The molecular formula is C34H36O6. The van der Waals surface area contributed by atoms with Crippen LogP contribution >= 0.6 is 0 Å². The normalized spacial score (nSPS) is 14.2. The zero-order valence-corrected chi connectivity index (χ0v) is 22.5. The van der Waals surface area contributed by atoms with Gasteiger partial charge in [0.05, 0.1) is 33.0 Å². The molecule has 0 saturated heterocycles. The molecule has 0 aliphatic heterocycles. The lowest BCUT2D eigenvalue weighted by atomic mass is 10.0. The second-order valence-corrected chi connectivity index (χ2v) is 9.44. The fourth-order valence-corrected chi connectivity index (χ4v) is 4.33. The van der Waals surface area contributed by atoms with Gasteiger partial charge in [-0.05, 0) is 22.3 Å². The van der Waals surface area contributed by atoms with E-state index in [1.165, 1.54) is 0 Å². The van der Waals surface area contributed by atoms with Crippen LogP contribution in [0.15, 0.2) is 121 Å². The Labute approximate surface area is 236 Å². The molecule has 4 rings (SSSR count). The summed E-state index contributed by atoms with van der Waals surface area (Å²) in [5, 5.41) is 10.5. The predicted octanol–water partition coefficient (Wildman–Crippen LogP) is 5.52. The quantitative estimate of drug-likeness (QED) is 0.178. The van der Waals surface area contributed by atoms with Crippen molar-refractivity contribution < 1.29 is 28.8 Å².